The van der Waals surface area contributed by atoms with Crippen LogP contribution < -0.4 is 14.5 Å². The maximum absolute atomic E-state index is 6.47. The zero-order valence-corrected chi connectivity index (χ0v) is 31.9. The highest BCUT2D eigenvalue weighted by atomic mass is 79.9. The van der Waals surface area contributed by atoms with E-state index >= 15 is 0 Å². The van der Waals surface area contributed by atoms with Gasteiger partial charge in [0, 0.05) is 54.0 Å². The lowest BCUT2D eigenvalue weighted by Crippen LogP contribution is -2.41. The summed E-state index contributed by atoms with van der Waals surface area (Å²) in [6.07, 6.45) is 0. The minimum absolute atomic E-state index is 0.157. The minimum atomic E-state index is -0.311. The van der Waals surface area contributed by atoms with E-state index in [0.717, 1.165) is 59.9 Å². The summed E-state index contributed by atoms with van der Waals surface area (Å²) in [5, 5.41) is 0. The number of hydrogen-bond donors (Lipinski definition) is 0. The van der Waals surface area contributed by atoms with E-state index in [1.807, 2.05) is 0 Å². The first-order valence-electron chi connectivity index (χ1n) is 16.6. The molecule has 3 nitrogen and oxygen atoms in total. The monoisotopic (exact) mass is 770 g/mol. The van der Waals surface area contributed by atoms with Crippen molar-refractivity contribution >= 4 is 66.0 Å². The quantitative estimate of drug-likeness (QED) is 0.161. The van der Waals surface area contributed by atoms with Crippen LogP contribution in [0.15, 0.2) is 142 Å². The summed E-state index contributed by atoms with van der Waals surface area (Å²) in [7, 11) is 0. The summed E-state index contributed by atoms with van der Waals surface area (Å²) >= 11 is 7.30. The van der Waals surface area contributed by atoms with E-state index < -0.39 is 0 Å². The second-order valence-electron chi connectivity index (χ2n) is 14.0. The number of anilines is 6. The van der Waals surface area contributed by atoms with Crippen molar-refractivity contribution in [3.05, 3.63) is 159 Å². The molecule has 1 aliphatic rings. The van der Waals surface area contributed by atoms with Crippen LogP contribution in [0.4, 0.5) is 34.1 Å². The molecular formula is C44H40Br2N2O. The molecule has 49 heavy (non-hydrogen) atoms. The van der Waals surface area contributed by atoms with Gasteiger partial charge in [0.2, 0.25) is 0 Å². The molecule has 5 heteroatoms. The first kappa shape index (κ1) is 33.2. The van der Waals surface area contributed by atoms with Gasteiger partial charge in [-0.3, -0.25) is 0 Å². The van der Waals surface area contributed by atoms with E-state index in [2.05, 4.69) is 217 Å². The molecule has 7 rings (SSSR count). The van der Waals surface area contributed by atoms with Crippen molar-refractivity contribution in [2.24, 2.45) is 0 Å². The van der Waals surface area contributed by atoms with Crippen molar-refractivity contribution in [3.8, 4) is 16.9 Å². The fourth-order valence-corrected chi connectivity index (χ4v) is 7.02. The summed E-state index contributed by atoms with van der Waals surface area (Å²) in [6, 6.07) is 48.2. The van der Waals surface area contributed by atoms with Crippen LogP contribution in [0.3, 0.4) is 0 Å². The Kier molecular flexibility index (Phi) is 8.71. The molecule has 0 saturated heterocycles. The zero-order chi connectivity index (χ0) is 34.5. The molecule has 0 aromatic heterocycles. The Morgan fingerprint density at radius 2 is 0.857 bits per heavy atom. The Morgan fingerprint density at radius 3 is 1.29 bits per heavy atom. The molecule has 1 heterocycles. The van der Waals surface area contributed by atoms with Crippen molar-refractivity contribution in [1.29, 1.82) is 0 Å². The van der Waals surface area contributed by atoms with Gasteiger partial charge in [-0.25, -0.2) is 0 Å². The number of ether oxygens (including phenoxy) is 1. The lowest BCUT2D eigenvalue weighted by atomic mass is 9.73. The molecule has 0 radical (unpaired) electrons. The lowest BCUT2D eigenvalue weighted by Gasteiger charge is -2.33. The number of rotatable bonds is 7. The molecule has 0 atom stereocenters. The highest BCUT2D eigenvalue weighted by Crippen LogP contribution is 2.51. The number of benzene rings is 6. The Morgan fingerprint density at radius 1 is 0.449 bits per heavy atom. The third-order valence-corrected chi connectivity index (χ3v) is 11.1. The molecule has 0 bridgehead atoms. The second kappa shape index (κ2) is 12.9. The first-order chi connectivity index (χ1) is 23.4. The fourth-order valence-electron chi connectivity index (χ4n) is 6.50. The largest absolute Gasteiger partial charge is 0.487 e. The smallest absolute Gasteiger partial charge is 0.124 e. The summed E-state index contributed by atoms with van der Waals surface area (Å²) in [6.45, 7) is 13.2. The topological polar surface area (TPSA) is 15.7 Å². The number of hydrogen-bond acceptors (Lipinski definition) is 3. The molecule has 0 N–H and O–H groups in total. The highest BCUT2D eigenvalue weighted by Gasteiger charge is 2.48. The van der Waals surface area contributed by atoms with Gasteiger partial charge >= 0.3 is 0 Å². The minimum Gasteiger partial charge on any atom is -0.487 e. The molecule has 1 aliphatic heterocycles. The van der Waals surface area contributed by atoms with E-state index in [-0.39, 0.29) is 11.0 Å². The molecule has 246 valence electrons. The fraction of sp³-hybridized carbons (Fsp3) is 0.182. The third-order valence-electron chi connectivity index (χ3n) is 10.0. The van der Waals surface area contributed by atoms with Crippen molar-refractivity contribution in [2.45, 2.75) is 52.6 Å². The van der Waals surface area contributed by atoms with Gasteiger partial charge in [0.05, 0.1) is 0 Å². The zero-order valence-electron chi connectivity index (χ0n) is 28.8. The molecule has 6 aromatic carbocycles. The highest BCUT2D eigenvalue weighted by molar-refractivity contribution is 9.10. The number of halogens is 2. The van der Waals surface area contributed by atoms with Gasteiger partial charge in [0.1, 0.15) is 11.4 Å². The van der Waals surface area contributed by atoms with Crippen LogP contribution in [0.2, 0.25) is 0 Å². The van der Waals surface area contributed by atoms with Crippen LogP contribution in [0.1, 0.15) is 44.4 Å². The molecule has 0 spiro atoms. The van der Waals surface area contributed by atoms with Crippen LogP contribution in [-0.4, -0.2) is 5.60 Å². The number of nitrogens with zero attached hydrogens (tertiary/aromatic N) is 2. The summed E-state index contributed by atoms with van der Waals surface area (Å²) in [5.74, 6) is 0.961. The summed E-state index contributed by atoms with van der Waals surface area (Å²) in [4.78, 5) is 4.69. The second-order valence-corrected chi connectivity index (χ2v) is 15.8. The van der Waals surface area contributed by atoms with Crippen LogP contribution in [0.25, 0.3) is 11.1 Å². The normalized spacial score (nSPS) is 14.2. The average Bonchev–Trinajstić information content (AvgIpc) is 3.27. The van der Waals surface area contributed by atoms with Gasteiger partial charge < -0.3 is 14.5 Å². The van der Waals surface area contributed by atoms with Crippen LogP contribution in [0, 0.1) is 13.8 Å². The average molecular weight is 773 g/mol. The summed E-state index contributed by atoms with van der Waals surface area (Å²) in [5.41, 5.74) is 11.9. The van der Waals surface area contributed by atoms with E-state index in [1.54, 1.807) is 0 Å². The first-order valence-corrected chi connectivity index (χ1v) is 18.2. The maximum Gasteiger partial charge on any atom is 0.124 e. The molecule has 0 amide bonds. The van der Waals surface area contributed by atoms with E-state index in [4.69, 9.17) is 4.74 Å². The number of fused-ring (bicyclic) bond motifs is 1. The molecule has 0 unspecified atom stereocenters. The number of aryl methyl sites for hydroxylation is 2. The molecular weight excluding hydrogens is 732 g/mol. The maximum atomic E-state index is 6.47. The lowest BCUT2D eigenvalue weighted by molar-refractivity contribution is 0.0712. The molecule has 0 saturated carbocycles. The molecule has 6 aromatic rings. The van der Waals surface area contributed by atoms with Gasteiger partial charge in [-0.2, -0.15) is 0 Å². The van der Waals surface area contributed by atoms with Crippen molar-refractivity contribution in [3.63, 3.8) is 0 Å². The van der Waals surface area contributed by atoms with Crippen LogP contribution >= 0.6 is 31.9 Å². The van der Waals surface area contributed by atoms with Gasteiger partial charge in [-0.15, -0.1) is 0 Å². The van der Waals surface area contributed by atoms with E-state index in [9.17, 15) is 0 Å². The Bertz CT molecular complexity index is 1910. The standard InChI is InChI=1S/C44H40Br2N2O/c1-29-7-16-35(17-8-29)47(36-18-9-30(2)10-19-36)39-25-32(31-11-24-42-41(27-31)43(3,4)44(5,6)49-42)26-40(28-39)48(37-20-12-33(45)13-21-37)38-22-14-34(46)15-23-38/h7-28H,1-6H3. The van der Waals surface area contributed by atoms with Crippen LogP contribution in [-0.2, 0) is 5.41 Å². The molecule has 0 fully saturated rings. The van der Waals surface area contributed by atoms with E-state index in [1.165, 1.54) is 16.7 Å². The van der Waals surface area contributed by atoms with Crippen molar-refractivity contribution in [2.75, 3.05) is 9.80 Å². The Hall–Kier alpha value is -4.32. The Labute approximate surface area is 307 Å². The predicted molar refractivity (Wildman–Crippen MR) is 214 cm³/mol. The van der Waals surface area contributed by atoms with E-state index in [0.29, 0.717) is 0 Å². The third kappa shape index (κ3) is 6.42. The molecule has 0 aliphatic carbocycles. The van der Waals surface area contributed by atoms with Gasteiger partial charge in [-0.05, 0) is 142 Å². The van der Waals surface area contributed by atoms with Gasteiger partial charge in [-0.1, -0.05) is 87.2 Å². The van der Waals surface area contributed by atoms with Gasteiger partial charge in [0.15, 0.2) is 0 Å². The SMILES string of the molecule is Cc1ccc(N(c2ccc(C)cc2)c2cc(-c3ccc4c(c3)C(C)(C)C(C)(C)O4)cc(N(c3ccc(Br)cc3)c3ccc(Br)cc3)c2)cc1. The van der Waals surface area contributed by atoms with Crippen molar-refractivity contribution < 1.29 is 4.74 Å². The predicted octanol–water partition coefficient (Wildman–Crippen LogP) is 13.9. The van der Waals surface area contributed by atoms with Crippen molar-refractivity contribution in [1.82, 2.24) is 0 Å². The van der Waals surface area contributed by atoms with Gasteiger partial charge in [0.25, 0.3) is 0 Å². The van der Waals surface area contributed by atoms with Crippen LogP contribution in [0.5, 0.6) is 5.75 Å². The summed E-state index contributed by atoms with van der Waals surface area (Å²) < 4.78 is 8.55. The Balaban J connectivity index is 1.50.